The molecule has 0 aliphatic rings. The van der Waals surface area contributed by atoms with E-state index in [1.165, 1.54) is 130 Å². The molecular weight excluding hydrogens is 721 g/mol. The highest BCUT2D eigenvalue weighted by Gasteiger charge is 2.20. The van der Waals surface area contributed by atoms with Gasteiger partial charge in [-0.05, 0) is 167 Å². The summed E-state index contributed by atoms with van der Waals surface area (Å²) in [6.45, 7) is 0. The van der Waals surface area contributed by atoms with E-state index in [1.54, 1.807) is 0 Å². The van der Waals surface area contributed by atoms with Crippen molar-refractivity contribution >= 4 is 97.0 Å². The molecule has 0 saturated heterocycles. The Morgan fingerprint density at radius 2 is 0.417 bits per heavy atom. The smallest absolute Gasteiger partial charge is 0.00921 e. The Kier molecular flexibility index (Phi) is 7.11. The first kappa shape index (κ1) is 33.2. The van der Waals surface area contributed by atoms with Crippen LogP contribution in [-0.4, -0.2) is 0 Å². The monoisotopic (exact) mass is 756 g/mol. The Labute approximate surface area is 347 Å². The van der Waals surface area contributed by atoms with Crippen molar-refractivity contribution in [3.63, 3.8) is 0 Å². The second-order valence-electron chi connectivity index (χ2n) is 16.3. The standard InChI is InChI=1S/C60H36/c1-4-18-41-37(15-1)31-53(47-24-10-7-21-44(41)47)40-29-30-52-56(34-40)60-36-57(54-32-38-16-2-5-19-42(38)45-22-8-11-25-48(45)54)50-27-13-14-28-51(50)58(60)35-59(52)55-33-39-17-3-6-20-43(39)46-23-9-12-26-49(46)55/h1-36H. The molecule has 0 radical (unpaired) electrons. The summed E-state index contributed by atoms with van der Waals surface area (Å²) in [7, 11) is 0. The third-order valence-electron chi connectivity index (χ3n) is 13.2. The van der Waals surface area contributed by atoms with Gasteiger partial charge in [0.1, 0.15) is 0 Å². The molecule has 0 bridgehead atoms. The largest absolute Gasteiger partial charge is 0.0616 e. The fraction of sp³-hybridized carbons (Fsp3) is 0. The van der Waals surface area contributed by atoms with Crippen molar-refractivity contribution in [3.05, 3.63) is 218 Å². The molecule has 0 heterocycles. The highest BCUT2D eigenvalue weighted by molar-refractivity contribution is 6.28. The first-order valence-corrected chi connectivity index (χ1v) is 20.9. The van der Waals surface area contributed by atoms with Crippen LogP contribution in [0.5, 0.6) is 0 Å². The minimum Gasteiger partial charge on any atom is -0.0616 e. The maximum Gasteiger partial charge on any atom is -0.00921 e. The Morgan fingerprint density at radius 3 is 0.850 bits per heavy atom. The average molecular weight is 757 g/mol. The molecule has 13 rings (SSSR count). The number of fused-ring (bicyclic) bond motifs is 14. The van der Waals surface area contributed by atoms with Crippen molar-refractivity contribution in [2.45, 2.75) is 0 Å². The minimum atomic E-state index is 1.22. The van der Waals surface area contributed by atoms with E-state index >= 15 is 0 Å². The molecule has 0 aromatic heterocycles. The maximum atomic E-state index is 2.50. The summed E-state index contributed by atoms with van der Waals surface area (Å²) < 4.78 is 0. The number of benzene rings is 13. The summed E-state index contributed by atoms with van der Waals surface area (Å²) in [6.07, 6.45) is 0. The molecule has 13 aromatic carbocycles. The van der Waals surface area contributed by atoms with Gasteiger partial charge in [-0.25, -0.2) is 0 Å². The van der Waals surface area contributed by atoms with Crippen LogP contribution in [0.3, 0.4) is 0 Å². The summed E-state index contributed by atoms with van der Waals surface area (Å²) in [6, 6.07) is 81.7. The van der Waals surface area contributed by atoms with Crippen molar-refractivity contribution in [1.29, 1.82) is 0 Å². The molecule has 0 spiro atoms. The lowest BCUT2D eigenvalue weighted by molar-refractivity contribution is 1.69. The zero-order valence-electron chi connectivity index (χ0n) is 32.8. The predicted molar refractivity (Wildman–Crippen MR) is 260 cm³/mol. The molecule has 0 N–H and O–H groups in total. The summed E-state index contributed by atoms with van der Waals surface area (Å²) in [5.74, 6) is 0. The van der Waals surface area contributed by atoms with Crippen LogP contribution in [0.4, 0.5) is 0 Å². The van der Waals surface area contributed by atoms with Gasteiger partial charge in [-0.1, -0.05) is 182 Å². The summed E-state index contributed by atoms with van der Waals surface area (Å²) in [4.78, 5) is 0. The molecule has 0 aliphatic heterocycles. The van der Waals surface area contributed by atoms with Crippen LogP contribution in [0.2, 0.25) is 0 Å². The molecule has 0 nitrogen and oxygen atoms in total. The second-order valence-corrected chi connectivity index (χ2v) is 16.3. The fourth-order valence-electron chi connectivity index (χ4n) is 10.5. The number of hydrogen-bond donors (Lipinski definition) is 0. The van der Waals surface area contributed by atoms with Crippen LogP contribution in [0, 0.1) is 0 Å². The zero-order chi connectivity index (χ0) is 39.3. The first-order valence-electron chi connectivity index (χ1n) is 20.9. The average Bonchev–Trinajstić information content (AvgIpc) is 3.32. The van der Waals surface area contributed by atoms with Crippen LogP contribution in [0.1, 0.15) is 0 Å². The van der Waals surface area contributed by atoms with Gasteiger partial charge in [0.25, 0.3) is 0 Å². The molecular formula is C60H36. The number of hydrogen-bond acceptors (Lipinski definition) is 0. The number of rotatable bonds is 3. The van der Waals surface area contributed by atoms with Crippen LogP contribution >= 0.6 is 0 Å². The van der Waals surface area contributed by atoms with E-state index in [-0.39, 0.29) is 0 Å². The Balaban J connectivity index is 1.20. The highest BCUT2D eigenvalue weighted by Crippen LogP contribution is 2.47. The Morgan fingerprint density at radius 1 is 0.150 bits per heavy atom. The maximum absolute atomic E-state index is 2.50. The van der Waals surface area contributed by atoms with E-state index in [4.69, 9.17) is 0 Å². The van der Waals surface area contributed by atoms with Gasteiger partial charge in [-0.15, -0.1) is 0 Å². The van der Waals surface area contributed by atoms with Crippen LogP contribution < -0.4 is 0 Å². The van der Waals surface area contributed by atoms with Crippen LogP contribution in [-0.2, 0) is 0 Å². The third-order valence-corrected chi connectivity index (χ3v) is 13.2. The van der Waals surface area contributed by atoms with Crippen molar-refractivity contribution in [3.8, 4) is 33.4 Å². The Hall–Kier alpha value is -7.80. The van der Waals surface area contributed by atoms with Crippen LogP contribution in [0.15, 0.2) is 218 Å². The predicted octanol–water partition coefficient (Wildman–Crippen LogP) is 17.1. The van der Waals surface area contributed by atoms with Crippen molar-refractivity contribution in [1.82, 2.24) is 0 Å². The van der Waals surface area contributed by atoms with Gasteiger partial charge in [-0.3, -0.25) is 0 Å². The van der Waals surface area contributed by atoms with E-state index < -0.39 is 0 Å². The SMILES string of the molecule is c1ccc2c(c1)cc(-c1ccc3c(-c4cc5ccccc5c5ccccc45)cc4c5ccccc5c(-c5cc6ccccc6c6ccccc56)cc4c3c1)c1ccccc12. The third kappa shape index (κ3) is 4.86. The fourth-order valence-corrected chi connectivity index (χ4v) is 10.5. The lowest BCUT2D eigenvalue weighted by Gasteiger charge is -2.20. The van der Waals surface area contributed by atoms with Gasteiger partial charge in [0, 0.05) is 0 Å². The van der Waals surface area contributed by atoms with Crippen molar-refractivity contribution in [2.75, 3.05) is 0 Å². The normalized spacial score (nSPS) is 12.0. The Bertz CT molecular complexity index is 3940. The lowest BCUT2D eigenvalue weighted by Crippen LogP contribution is -1.92. The van der Waals surface area contributed by atoms with Gasteiger partial charge in [-0.2, -0.15) is 0 Å². The summed E-state index contributed by atoms with van der Waals surface area (Å²) in [5.41, 5.74) is 7.50. The van der Waals surface area contributed by atoms with Gasteiger partial charge < -0.3 is 0 Å². The molecule has 0 heteroatoms. The van der Waals surface area contributed by atoms with E-state index in [9.17, 15) is 0 Å². The van der Waals surface area contributed by atoms with Gasteiger partial charge in [0.15, 0.2) is 0 Å². The van der Waals surface area contributed by atoms with E-state index in [0.717, 1.165) is 0 Å². The van der Waals surface area contributed by atoms with Gasteiger partial charge >= 0.3 is 0 Å². The molecule has 0 saturated carbocycles. The van der Waals surface area contributed by atoms with Gasteiger partial charge in [0.05, 0.1) is 0 Å². The molecule has 0 aliphatic carbocycles. The first-order chi connectivity index (χ1) is 29.8. The van der Waals surface area contributed by atoms with E-state index in [1.807, 2.05) is 0 Å². The molecule has 13 aromatic rings. The second kappa shape index (κ2) is 12.9. The molecule has 276 valence electrons. The topological polar surface area (TPSA) is 0 Å². The van der Waals surface area contributed by atoms with Gasteiger partial charge in [0.2, 0.25) is 0 Å². The highest BCUT2D eigenvalue weighted by atomic mass is 14.2. The lowest BCUT2D eigenvalue weighted by atomic mass is 9.84. The molecule has 0 unspecified atom stereocenters. The zero-order valence-corrected chi connectivity index (χ0v) is 32.8. The van der Waals surface area contributed by atoms with Crippen molar-refractivity contribution in [2.24, 2.45) is 0 Å². The summed E-state index contributed by atoms with van der Waals surface area (Å²) >= 11 is 0. The molecule has 60 heavy (non-hydrogen) atoms. The van der Waals surface area contributed by atoms with E-state index in [0.29, 0.717) is 0 Å². The van der Waals surface area contributed by atoms with E-state index in [2.05, 4.69) is 218 Å². The summed E-state index contributed by atoms with van der Waals surface area (Å²) in [5, 5.41) is 22.8. The minimum absolute atomic E-state index is 1.22. The van der Waals surface area contributed by atoms with Crippen LogP contribution in [0.25, 0.3) is 130 Å². The molecule has 0 atom stereocenters. The molecule has 0 amide bonds. The molecule has 0 fully saturated rings. The quantitative estimate of drug-likeness (QED) is 0.158. The van der Waals surface area contributed by atoms with Crippen molar-refractivity contribution < 1.29 is 0 Å².